The molecular formula is C13H24N2O5. The third kappa shape index (κ3) is 7.73. The first-order valence-electron chi connectivity index (χ1n) is 6.61. The van der Waals surface area contributed by atoms with Gasteiger partial charge in [-0.15, -0.1) is 0 Å². The van der Waals surface area contributed by atoms with Crippen molar-refractivity contribution in [3.05, 3.63) is 0 Å². The van der Waals surface area contributed by atoms with Crippen molar-refractivity contribution in [3.8, 4) is 0 Å². The Labute approximate surface area is 118 Å². The average molecular weight is 288 g/mol. The van der Waals surface area contributed by atoms with Gasteiger partial charge in [0.05, 0.1) is 18.6 Å². The monoisotopic (exact) mass is 288 g/mol. The maximum Gasteiger partial charge on any atom is 0.328 e. The zero-order valence-electron chi connectivity index (χ0n) is 12.4. The molecule has 0 saturated carbocycles. The second kappa shape index (κ2) is 8.52. The Morgan fingerprint density at radius 2 is 1.75 bits per heavy atom. The summed E-state index contributed by atoms with van der Waals surface area (Å²) in [6.45, 7) is 7.22. The molecule has 0 aliphatic heterocycles. The van der Waals surface area contributed by atoms with Gasteiger partial charge in [0, 0.05) is 0 Å². The molecule has 0 aromatic carbocycles. The molecule has 20 heavy (non-hydrogen) atoms. The van der Waals surface area contributed by atoms with Crippen LogP contribution in [0.25, 0.3) is 0 Å². The predicted octanol–water partition coefficient (Wildman–Crippen LogP) is 0.271. The summed E-state index contributed by atoms with van der Waals surface area (Å²) in [6, 6.07) is -2.00. The molecule has 0 radical (unpaired) electrons. The van der Waals surface area contributed by atoms with Crippen LogP contribution in [-0.2, 0) is 19.1 Å². The maximum absolute atomic E-state index is 11.9. The molecule has 0 unspecified atom stereocenters. The van der Waals surface area contributed by atoms with E-state index in [1.807, 2.05) is 13.8 Å². The first-order valence-corrected chi connectivity index (χ1v) is 6.61. The summed E-state index contributed by atoms with van der Waals surface area (Å²) in [6.07, 6.45) is -0.377. The van der Waals surface area contributed by atoms with Crippen LogP contribution in [0.4, 0.5) is 0 Å². The van der Waals surface area contributed by atoms with Crippen LogP contribution in [0.1, 0.15) is 40.5 Å². The molecule has 0 aliphatic carbocycles. The highest BCUT2D eigenvalue weighted by molar-refractivity contribution is 5.89. The van der Waals surface area contributed by atoms with Crippen molar-refractivity contribution in [2.45, 2.75) is 58.7 Å². The van der Waals surface area contributed by atoms with E-state index < -0.39 is 36.4 Å². The second-order valence-corrected chi connectivity index (χ2v) is 5.38. The number of esters is 1. The van der Waals surface area contributed by atoms with Crippen LogP contribution in [0.3, 0.4) is 0 Å². The van der Waals surface area contributed by atoms with Crippen LogP contribution >= 0.6 is 0 Å². The van der Waals surface area contributed by atoms with Gasteiger partial charge in [0.2, 0.25) is 5.91 Å². The van der Waals surface area contributed by atoms with Crippen molar-refractivity contribution in [2.75, 3.05) is 0 Å². The van der Waals surface area contributed by atoms with E-state index in [2.05, 4.69) is 5.32 Å². The van der Waals surface area contributed by atoms with Crippen LogP contribution < -0.4 is 11.1 Å². The minimum atomic E-state index is -1.19. The van der Waals surface area contributed by atoms with Gasteiger partial charge in [0.25, 0.3) is 0 Å². The Kier molecular flexibility index (Phi) is 7.83. The van der Waals surface area contributed by atoms with E-state index in [0.29, 0.717) is 6.42 Å². The van der Waals surface area contributed by atoms with Crippen molar-refractivity contribution in [2.24, 2.45) is 11.7 Å². The molecule has 7 nitrogen and oxygen atoms in total. The van der Waals surface area contributed by atoms with Gasteiger partial charge in [0.1, 0.15) is 6.04 Å². The van der Waals surface area contributed by atoms with Crippen LogP contribution in [-0.4, -0.2) is 41.1 Å². The van der Waals surface area contributed by atoms with Gasteiger partial charge < -0.3 is 20.9 Å². The van der Waals surface area contributed by atoms with Crippen molar-refractivity contribution >= 4 is 17.8 Å². The smallest absolute Gasteiger partial charge is 0.328 e. The zero-order valence-corrected chi connectivity index (χ0v) is 12.4. The highest BCUT2D eigenvalue weighted by Crippen LogP contribution is 2.08. The largest absolute Gasteiger partial charge is 0.481 e. The van der Waals surface area contributed by atoms with E-state index in [-0.39, 0.29) is 12.0 Å². The number of aliphatic carboxylic acids is 1. The molecule has 0 aromatic heterocycles. The van der Waals surface area contributed by atoms with Gasteiger partial charge in [-0.05, 0) is 26.2 Å². The van der Waals surface area contributed by atoms with Crippen molar-refractivity contribution in [1.82, 2.24) is 5.32 Å². The normalized spacial score (nSPS) is 13.9. The summed E-state index contributed by atoms with van der Waals surface area (Å²) < 4.78 is 5.06. The van der Waals surface area contributed by atoms with Crippen LogP contribution in [0.5, 0.6) is 0 Å². The van der Waals surface area contributed by atoms with Gasteiger partial charge in [-0.3, -0.25) is 9.59 Å². The maximum atomic E-state index is 11.9. The summed E-state index contributed by atoms with van der Waals surface area (Å²) in [5, 5.41) is 11.0. The molecule has 0 saturated heterocycles. The molecular weight excluding hydrogens is 264 g/mol. The van der Waals surface area contributed by atoms with Gasteiger partial charge in [-0.2, -0.15) is 0 Å². The molecule has 116 valence electrons. The van der Waals surface area contributed by atoms with Gasteiger partial charge in [-0.25, -0.2) is 4.79 Å². The third-order valence-corrected chi connectivity index (χ3v) is 2.39. The van der Waals surface area contributed by atoms with Crippen LogP contribution in [0.2, 0.25) is 0 Å². The summed E-state index contributed by atoms with van der Waals surface area (Å²) in [5.41, 5.74) is 5.45. The standard InChI is InChI=1S/C13H24N2O5/c1-7(2)5-10(13(19)20-8(3)4)15-12(18)9(14)6-11(16)17/h7-10H,5-6,14H2,1-4H3,(H,15,18)(H,16,17)/t9-,10+/m1/s1. The third-order valence-electron chi connectivity index (χ3n) is 2.39. The first-order chi connectivity index (χ1) is 9.13. The van der Waals surface area contributed by atoms with E-state index >= 15 is 0 Å². The Bertz CT molecular complexity index is 355. The van der Waals surface area contributed by atoms with E-state index in [0.717, 1.165) is 0 Å². The second-order valence-electron chi connectivity index (χ2n) is 5.38. The molecule has 0 aromatic rings. The molecule has 0 fully saturated rings. The minimum absolute atomic E-state index is 0.163. The average Bonchev–Trinajstić information content (AvgIpc) is 2.25. The summed E-state index contributed by atoms with van der Waals surface area (Å²) in [4.78, 5) is 34.1. The number of carbonyl (C=O) groups excluding carboxylic acids is 2. The highest BCUT2D eigenvalue weighted by Gasteiger charge is 2.27. The van der Waals surface area contributed by atoms with Gasteiger partial charge in [-0.1, -0.05) is 13.8 Å². The molecule has 4 N–H and O–H groups in total. The number of carboxylic acid groups (broad SMARTS) is 1. The molecule has 0 heterocycles. The number of nitrogens with one attached hydrogen (secondary N) is 1. The summed E-state index contributed by atoms with van der Waals surface area (Å²) >= 11 is 0. The lowest BCUT2D eigenvalue weighted by Gasteiger charge is -2.22. The molecule has 7 heteroatoms. The van der Waals surface area contributed by atoms with Crippen molar-refractivity contribution in [3.63, 3.8) is 0 Å². The first kappa shape index (κ1) is 18.4. The molecule has 0 rings (SSSR count). The molecule has 0 aliphatic rings. The fourth-order valence-corrected chi connectivity index (χ4v) is 1.56. The zero-order chi connectivity index (χ0) is 15.9. The quantitative estimate of drug-likeness (QED) is 0.552. The number of carboxylic acids is 1. The lowest BCUT2D eigenvalue weighted by molar-refractivity contribution is -0.152. The highest BCUT2D eigenvalue weighted by atomic mass is 16.5. The minimum Gasteiger partial charge on any atom is -0.481 e. The summed E-state index contributed by atoms with van der Waals surface area (Å²) in [5.74, 6) is -2.21. The Balaban J connectivity index is 4.67. The Morgan fingerprint density at radius 1 is 1.20 bits per heavy atom. The topological polar surface area (TPSA) is 119 Å². The van der Waals surface area contributed by atoms with Crippen LogP contribution in [0, 0.1) is 5.92 Å². The molecule has 2 atom stereocenters. The fraction of sp³-hybridized carbons (Fsp3) is 0.769. The Morgan fingerprint density at radius 3 is 2.15 bits per heavy atom. The Hall–Kier alpha value is -1.63. The lowest BCUT2D eigenvalue weighted by atomic mass is 10.0. The van der Waals surface area contributed by atoms with Crippen molar-refractivity contribution in [1.29, 1.82) is 0 Å². The number of ether oxygens (including phenoxy) is 1. The summed E-state index contributed by atoms with van der Waals surface area (Å²) in [7, 11) is 0. The molecule has 0 spiro atoms. The van der Waals surface area contributed by atoms with E-state index in [1.165, 1.54) is 0 Å². The van der Waals surface area contributed by atoms with E-state index in [1.54, 1.807) is 13.8 Å². The lowest BCUT2D eigenvalue weighted by Crippen LogP contribution is -2.50. The molecule has 0 bridgehead atoms. The van der Waals surface area contributed by atoms with Gasteiger partial charge >= 0.3 is 11.9 Å². The van der Waals surface area contributed by atoms with Gasteiger partial charge in [0.15, 0.2) is 0 Å². The van der Waals surface area contributed by atoms with E-state index in [4.69, 9.17) is 15.6 Å². The fourth-order valence-electron chi connectivity index (χ4n) is 1.56. The molecule has 1 amide bonds. The number of carbonyl (C=O) groups is 3. The van der Waals surface area contributed by atoms with E-state index in [9.17, 15) is 14.4 Å². The van der Waals surface area contributed by atoms with Crippen LogP contribution in [0.15, 0.2) is 0 Å². The predicted molar refractivity (Wildman–Crippen MR) is 72.8 cm³/mol. The number of amides is 1. The number of nitrogens with two attached hydrogens (primary N) is 1. The SMILES string of the molecule is CC(C)C[C@H](NC(=O)[C@H](N)CC(=O)O)C(=O)OC(C)C. The number of hydrogen-bond donors (Lipinski definition) is 3. The van der Waals surface area contributed by atoms with Crippen molar-refractivity contribution < 1.29 is 24.2 Å². The number of hydrogen-bond acceptors (Lipinski definition) is 5. The number of rotatable bonds is 8.